The lowest BCUT2D eigenvalue weighted by atomic mass is 10.5. The van der Waals surface area contributed by atoms with Gasteiger partial charge in [-0.2, -0.15) is 0 Å². The van der Waals surface area contributed by atoms with Gasteiger partial charge in [-0.05, 0) is 6.42 Å². The molecular weight excluding hydrogens is 159 g/mol. The molecule has 4 heteroatoms. The molecule has 0 unspecified atom stereocenters. The number of nitrogens with zero attached hydrogens (tertiary/aromatic N) is 1. The van der Waals surface area contributed by atoms with E-state index < -0.39 is 0 Å². The lowest BCUT2D eigenvalue weighted by Crippen LogP contribution is -2.31. The van der Waals surface area contributed by atoms with Gasteiger partial charge < -0.3 is 0 Å². The van der Waals surface area contributed by atoms with E-state index in [2.05, 4.69) is 5.43 Å². The largest absolute Gasteiger partial charge is 0.256 e. The Morgan fingerprint density at radius 1 is 1.44 bits per heavy atom. The first kappa shape index (κ1) is 12.2. The summed E-state index contributed by atoms with van der Waals surface area (Å²) in [5.41, 5.74) is 3.10. The van der Waals surface area contributed by atoms with Gasteiger partial charge in [0.25, 0.3) is 0 Å². The molecule has 0 saturated carbocycles. The van der Waals surface area contributed by atoms with Crippen LogP contribution in [0.2, 0.25) is 0 Å². The Balaban J connectivity index is 0. The lowest BCUT2D eigenvalue weighted by molar-refractivity contribution is 0.291. The first-order valence-electron chi connectivity index (χ1n) is 2.74. The first-order valence-corrected chi connectivity index (χ1v) is 3.27. The van der Waals surface area contributed by atoms with Gasteiger partial charge >= 0.3 is 0 Å². The Kier molecular flexibility index (Phi) is 11.5. The minimum absolute atomic E-state index is 0. The second-order valence-electron chi connectivity index (χ2n) is 1.85. The van der Waals surface area contributed by atoms with Gasteiger partial charge in [0.1, 0.15) is 0 Å². The highest BCUT2D eigenvalue weighted by Gasteiger charge is 1.84. The van der Waals surface area contributed by atoms with E-state index in [0.29, 0.717) is 0 Å². The van der Waals surface area contributed by atoms with Gasteiger partial charge in [-0.1, -0.05) is 0 Å². The summed E-state index contributed by atoms with van der Waals surface area (Å²) in [7, 11) is 3.93. The molecule has 58 valence electrons. The number of hydrogen-bond acceptors (Lipinski definition) is 2. The second kappa shape index (κ2) is 8.50. The number of nitrogens with one attached hydrogen (secondary N) is 1. The minimum Gasteiger partial charge on any atom is -0.256 e. The van der Waals surface area contributed by atoms with Crippen molar-refractivity contribution in [1.29, 1.82) is 0 Å². The average molecular weight is 173 g/mol. The van der Waals surface area contributed by atoms with Crippen LogP contribution in [0.4, 0.5) is 0 Å². The Hall–Kier alpha value is 0.500. The van der Waals surface area contributed by atoms with Crippen LogP contribution in [0.1, 0.15) is 6.42 Å². The lowest BCUT2D eigenvalue weighted by Gasteiger charge is -2.09. The topological polar surface area (TPSA) is 15.3 Å². The van der Waals surface area contributed by atoms with E-state index >= 15 is 0 Å². The quantitative estimate of drug-likeness (QED) is 0.389. The molecule has 0 atom stereocenters. The van der Waals surface area contributed by atoms with Crippen LogP contribution >= 0.6 is 24.0 Å². The Labute approximate surface area is 67.9 Å². The van der Waals surface area contributed by atoms with Gasteiger partial charge in [0.05, 0.1) is 0 Å². The van der Waals surface area contributed by atoms with E-state index in [1.807, 2.05) is 19.1 Å². The molecule has 0 radical (unpaired) electrons. The number of alkyl halides is 1. The molecule has 0 aliphatic carbocycles. The monoisotopic (exact) mass is 172 g/mol. The summed E-state index contributed by atoms with van der Waals surface area (Å²) in [5.74, 6) is 0.737. The van der Waals surface area contributed by atoms with E-state index in [1.54, 1.807) is 0 Å². The Morgan fingerprint density at radius 2 is 2.00 bits per heavy atom. The Morgan fingerprint density at radius 3 is 2.33 bits per heavy atom. The number of hydrogen-bond donors (Lipinski definition) is 1. The van der Waals surface area contributed by atoms with Crippen molar-refractivity contribution in [3.8, 4) is 0 Å². The van der Waals surface area contributed by atoms with Crippen molar-refractivity contribution in [1.82, 2.24) is 10.4 Å². The zero-order valence-electron chi connectivity index (χ0n) is 5.85. The van der Waals surface area contributed by atoms with Crippen LogP contribution < -0.4 is 5.43 Å². The summed E-state index contributed by atoms with van der Waals surface area (Å²) >= 11 is 5.43. The summed E-state index contributed by atoms with van der Waals surface area (Å²) in [6, 6.07) is 0. The zero-order chi connectivity index (χ0) is 6.41. The highest BCUT2D eigenvalue weighted by Crippen LogP contribution is 1.80. The predicted molar refractivity (Wildman–Crippen MR) is 44.3 cm³/mol. The molecular formula is C5H14Cl2N2. The van der Waals surface area contributed by atoms with Crippen LogP contribution in [0.25, 0.3) is 0 Å². The molecule has 1 N–H and O–H groups in total. The molecule has 0 heterocycles. The maximum Gasteiger partial charge on any atom is 0.0236 e. The third kappa shape index (κ3) is 11.9. The van der Waals surface area contributed by atoms with Crippen LogP contribution in [0.15, 0.2) is 0 Å². The molecule has 0 amide bonds. The third-order valence-corrected chi connectivity index (χ3v) is 1.01. The van der Waals surface area contributed by atoms with Crippen molar-refractivity contribution in [3.63, 3.8) is 0 Å². The first-order chi connectivity index (χ1) is 3.77. The summed E-state index contributed by atoms with van der Waals surface area (Å²) in [6.07, 6.45) is 1.03. The predicted octanol–water partition coefficient (Wildman–Crippen LogP) is 1.10. The molecule has 0 saturated heterocycles. The summed E-state index contributed by atoms with van der Waals surface area (Å²) in [4.78, 5) is 0. The molecule has 0 aromatic rings. The molecule has 0 aromatic carbocycles. The van der Waals surface area contributed by atoms with Crippen molar-refractivity contribution < 1.29 is 0 Å². The van der Waals surface area contributed by atoms with Crippen LogP contribution in [0.3, 0.4) is 0 Å². The second-order valence-corrected chi connectivity index (χ2v) is 2.22. The normalized spacial score (nSPS) is 9.33. The van der Waals surface area contributed by atoms with Crippen molar-refractivity contribution in [2.75, 3.05) is 26.5 Å². The van der Waals surface area contributed by atoms with Crippen LogP contribution in [0, 0.1) is 0 Å². The molecule has 9 heavy (non-hydrogen) atoms. The summed E-state index contributed by atoms with van der Waals surface area (Å²) in [5, 5.41) is 1.92. The molecule has 0 aromatic heterocycles. The van der Waals surface area contributed by atoms with E-state index in [0.717, 1.165) is 18.8 Å². The van der Waals surface area contributed by atoms with Gasteiger partial charge in [0.15, 0.2) is 0 Å². The van der Waals surface area contributed by atoms with Gasteiger partial charge in [-0.3, -0.25) is 10.4 Å². The highest BCUT2D eigenvalue weighted by molar-refractivity contribution is 6.17. The fourth-order valence-electron chi connectivity index (χ4n) is 0.369. The number of halogens is 2. The van der Waals surface area contributed by atoms with Crippen LogP contribution in [0.5, 0.6) is 0 Å². The maximum atomic E-state index is 5.43. The molecule has 0 aliphatic rings. The van der Waals surface area contributed by atoms with E-state index in [-0.39, 0.29) is 12.4 Å². The Bertz CT molecular complexity index is 50.2. The smallest absolute Gasteiger partial charge is 0.0236 e. The third-order valence-electron chi connectivity index (χ3n) is 0.738. The van der Waals surface area contributed by atoms with Crippen molar-refractivity contribution in [2.45, 2.75) is 6.42 Å². The van der Waals surface area contributed by atoms with Gasteiger partial charge in [0.2, 0.25) is 0 Å². The van der Waals surface area contributed by atoms with Crippen LogP contribution in [-0.2, 0) is 0 Å². The molecule has 2 nitrogen and oxygen atoms in total. The SMILES string of the molecule is CN(C)NCCCCl.Cl. The minimum atomic E-state index is 0. The highest BCUT2D eigenvalue weighted by atomic mass is 35.5. The van der Waals surface area contributed by atoms with Crippen LogP contribution in [-0.4, -0.2) is 31.5 Å². The zero-order valence-corrected chi connectivity index (χ0v) is 7.43. The molecule has 0 rings (SSSR count). The molecule has 0 fully saturated rings. The average Bonchev–Trinajstić information content (AvgIpc) is 1.66. The standard InChI is InChI=1S/C5H13ClN2.ClH/c1-8(2)7-5-3-4-6;/h7H,3-5H2,1-2H3;1H. The number of rotatable bonds is 4. The van der Waals surface area contributed by atoms with Gasteiger partial charge in [-0.15, -0.1) is 24.0 Å². The fourth-order valence-corrected chi connectivity index (χ4v) is 0.503. The van der Waals surface area contributed by atoms with Crippen molar-refractivity contribution in [3.05, 3.63) is 0 Å². The number of hydrazine groups is 1. The van der Waals surface area contributed by atoms with E-state index in [4.69, 9.17) is 11.6 Å². The summed E-state index contributed by atoms with van der Waals surface area (Å²) in [6.45, 7) is 0.969. The van der Waals surface area contributed by atoms with Crippen molar-refractivity contribution in [2.24, 2.45) is 0 Å². The van der Waals surface area contributed by atoms with E-state index in [1.165, 1.54) is 0 Å². The molecule has 0 bridgehead atoms. The molecule has 0 spiro atoms. The van der Waals surface area contributed by atoms with Crippen molar-refractivity contribution >= 4 is 24.0 Å². The van der Waals surface area contributed by atoms with E-state index in [9.17, 15) is 0 Å². The fraction of sp³-hybridized carbons (Fsp3) is 1.00. The maximum absolute atomic E-state index is 5.43. The van der Waals surface area contributed by atoms with Gasteiger partial charge in [0, 0.05) is 26.5 Å². The summed E-state index contributed by atoms with van der Waals surface area (Å²) < 4.78 is 0. The van der Waals surface area contributed by atoms with Gasteiger partial charge in [-0.25, -0.2) is 0 Å². The molecule has 0 aliphatic heterocycles.